The molecule has 2 N–H and O–H groups in total. The topological polar surface area (TPSA) is 80.3 Å². The normalized spacial score (nSPS) is 10.4. The fourth-order valence-electron chi connectivity index (χ4n) is 2.04. The van der Waals surface area contributed by atoms with Gasteiger partial charge in [-0.2, -0.15) is 0 Å². The Morgan fingerprint density at radius 1 is 1.20 bits per heavy atom. The van der Waals surface area contributed by atoms with Crippen LogP contribution < -0.4 is 15.4 Å². The molecule has 2 aromatic rings. The molecule has 0 spiro atoms. The van der Waals surface area contributed by atoms with E-state index in [1.807, 2.05) is 19.9 Å². The van der Waals surface area contributed by atoms with Crippen molar-refractivity contribution in [2.45, 2.75) is 26.5 Å². The van der Waals surface area contributed by atoms with E-state index in [1.54, 1.807) is 36.5 Å². The van der Waals surface area contributed by atoms with Crippen molar-refractivity contribution >= 4 is 23.4 Å². The number of hydrogen-bond donors (Lipinski definition) is 2. The summed E-state index contributed by atoms with van der Waals surface area (Å²) >= 11 is 5.84. The van der Waals surface area contributed by atoms with Crippen molar-refractivity contribution in [3.05, 3.63) is 58.7 Å². The van der Waals surface area contributed by atoms with Gasteiger partial charge in [-0.05, 0) is 38.1 Å². The third-order valence-electron chi connectivity index (χ3n) is 3.17. The van der Waals surface area contributed by atoms with E-state index in [4.69, 9.17) is 16.3 Å². The number of pyridine rings is 1. The van der Waals surface area contributed by atoms with E-state index in [-0.39, 0.29) is 31.0 Å². The van der Waals surface area contributed by atoms with E-state index in [1.165, 1.54) is 0 Å². The van der Waals surface area contributed by atoms with Crippen LogP contribution >= 0.6 is 11.6 Å². The monoisotopic (exact) mass is 361 g/mol. The first-order chi connectivity index (χ1) is 12.0. The van der Waals surface area contributed by atoms with Crippen molar-refractivity contribution < 1.29 is 14.3 Å². The molecular weight excluding hydrogens is 342 g/mol. The third-order valence-corrected chi connectivity index (χ3v) is 3.40. The molecule has 0 unspecified atom stereocenters. The van der Waals surface area contributed by atoms with E-state index in [2.05, 4.69) is 15.6 Å². The van der Waals surface area contributed by atoms with Crippen LogP contribution in [-0.2, 0) is 11.3 Å². The Bertz CT molecular complexity index is 750. The van der Waals surface area contributed by atoms with Gasteiger partial charge in [0.25, 0.3) is 5.91 Å². The molecule has 0 aliphatic heterocycles. The molecule has 0 bridgehead atoms. The first-order valence-electron chi connectivity index (χ1n) is 7.86. The van der Waals surface area contributed by atoms with Gasteiger partial charge in [-0.1, -0.05) is 23.7 Å². The lowest BCUT2D eigenvalue weighted by Crippen LogP contribution is -2.36. The number of aromatic nitrogens is 1. The van der Waals surface area contributed by atoms with Crippen molar-refractivity contribution in [1.82, 2.24) is 15.6 Å². The van der Waals surface area contributed by atoms with Crippen LogP contribution in [0.25, 0.3) is 0 Å². The zero-order valence-electron chi connectivity index (χ0n) is 14.1. The standard InChI is InChI=1S/C18H20ClN3O3/c1-12(2)25-18-14(6-4-8-20-18)10-21-16(23)11-22-17(24)13-5-3-7-15(19)9-13/h3-9,12H,10-11H2,1-2H3,(H,21,23)(H,22,24). The molecule has 7 heteroatoms. The Kier molecular flexibility index (Phi) is 6.77. The van der Waals surface area contributed by atoms with Crippen molar-refractivity contribution in [2.75, 3.05) is 6.54 Å². The number of ether oxygens (including phenoxy) is 1. The average molecular weight is 362 g/mol. The number of rotatable bonds is 7. The molecule has 1 heterocycles. The van der Waals surface area contributed by atoms with Crippen molar-refractivity contribution in [3.63, 3.8) is 0 Å². The quantitative estimate of drug-likeness (QED) is 0.794. The maximum Gasteiger partial charge on any atom is 0.251 e. The zero-order valence-corrected chi connectivity index (χ0v) is 14.8. The van der Waals surface area contributed by atoms with Crippen LogP contribution in [0.3, 0.4) is 0 Å². The summed E-state index contributed by atoms with van der Waals surface area (Å²) in [6, 6.07) is 10.1. The number of carbonyl (C=O) groups is 2. The fourth-order valence-corrected chi connectivity index (χ4v) is 2.23. The Morgan fingerprint density at radius 3 is 2.72 bits per heavy atom. The summed E-state index contributed by atoms with van der Waals surface area (Å²) in [5, 5.41) is 5.75. The van der Waals surface area contributed by atoms with Crippen LogP contribution in [0.1, 0.15) is 29.8 Å². The van der Waals surface area contributed by atoms with Gasteiger partial charge < -0.3 is 15.4 Å². The van der Waals surface area contributed by atoms with Gasteiger partial charge in [-0.15, -0.1) is 0 Å². The Labute approximate surface area is 151 Å². The summed E-state index contributed by atoms with van der Waals surface area (Å²) in [6.45, 7) is 3.94. The predicted molar refractivity (Wildman–Crippen MR) is 95.6 cm³/mol. The molecular formula is C18H20ClN3O3. The van der Waals surface area contributed by atoms with Crippen LogP contribution in [0, 0.1) is 0 Å². The smallest absolute Gasteiger partial charge is 0.251 e. The average Bonchev–Trinajstić information content (AvgIpc) is 2.58. The molecule has 132 valence electrons. The van der Waals surface area contributed by atoms with Crippen molar-refractivity contribution in [2.24, 2.45) is 0 Å². The highest BCUT2D eigenvalue weighted by Crippen LogP contribution is 2.15. The number of carbonyl (C=O) groups excluding carboxylic acids is 2. The van der Waals surface area contributed by atoms with E-state index < -0.39 is 0 Å². The van der Waals surface area contributed by atoms with E-state index in [0.717, 1.165) is 5.56 Å². The molecule has 25 heavy (non-hydrogen) atoms. The van der Waals surface area contributed by atoms with E-state index in [0.29, 0.717) is 16.5 Å². The molecule has 0 saturated heterocycles. The fraction of sp³-hybridized carbons (Fsp3) is 0.278. The molecule has 0 radical (unpaired) electrons. The highest BCUT2D eigenvalue weighted by atomic mass is 35.5. The maximum absolute atomic E-state index is 12.0. The first-order valence-corrected chi connectivity index (χ1v) is 8.24. The number of nitrogens with zero attached hydrogens (tertiary/aromatic N) is 1. The van der Waals surface area contributed by atoms with Gasteiger partial charge in [0.2, 0.25) is 11.8 Å². The van der Waals surface area contributed by atoms with Gasteiger partial charge in [0.1, 0.15) is 0 Å². The number of halogens is 1. The largest absolute Gasteiger partial charge is 0.475 e. The number of amides is 2. The molecule has 1 aromatic heterocycles. The molecule has 0 fully saturated rings. The Morgan fingerprint density at radius 2 is 2.00 bits per heavy atom. The Balaban J connectivity index is 1.84. The van der Waals surface area contributed by atoms with E-state index in [9.17, 15) is 9.59 Å². The van der Waals surface area contributed by atoms with Crippen molar-refractivity contribution in [3.8, 4) is 5.88 Å². The first kappa shape index (κ1) is 18.7. The van der Waals surface area contributed by atoms with Gasteiger partial charge in [-0.25, -0.2) is 4.98 Å². The van der Waals surface area contributed by atoms with Crippen LogP contribution in [-0.4, -0.2) is 29.4 Å². The van der Waals surface area contributed by atoms with E-state index >= 15 is 0 Å². The van der Waals surface area contributed by atoms with Crippen molar-refractivity contribution in [1.29, 1.82) is 0 Å². The summed E-state index contributed by atoms with van der Waals surface area (Å²) in [4.78, 5) is 28.1. The van der Waals surface area contributed by atoms with Crippen LogP contribution in [0.4, 0.5) is 0 Å². The van der Waals surface area contributed by atoms with Crippen LogP contribution in [0.5, 0.6) is 5.88 Å². The lowest BCUT2D eigenvalue weighted by molar-refractivity contribution is -0.120. The van der Waals surface area contributed by atoms with Gasteiger partial charge in [0.15, 0.2) is 0 Å². The van der Waals surface area contributed by atoms with Gasteiger partial charge in [-0.3, -0.25) is 9.59 Å². The Hall–Kier alpha value is -2.60. The molecule has 0 saturated carbocycles. The minimum atomic E-state index is -0.358. The highest BCUT2D eigenvalue weighted by molar-refractivity contribution is 6.30. The van der Waals surface area contributed by atoms with Gasteiger partial charge in [0.05, 0.1) is 12.6 Å². The summed E-state index contributed by atoms with van der Waals surface area (Å²) in [7, 11) is 0. The second-order valence-electron chi connectivity index (χ2n) is 5.60. The molecule has 2 rings (SSSR count). The van der Waals surface area contributed by atoms with Gasteiger partial charge >= 0.3 is 0 Å². The lowest BCUT2D eigenvalue weighted by atomic mass is 10.2. The second-order valence-corrected chi connectivity index (χ2v) is 6.04. The summed E-state index contributed by atoms with van der Waals surface area (Å²) in [6.07, 6.45) is 1.62. The number of benzene rings is 1. The molecule has 2 amide bonds. The molecule has 0 atom stereocenters. The maximum atomic E-state index is 12.0. The molecule has 0 aliphatic carbocycles. The minimum absolute atomic E-state index is 0.0127. The summed E-state index contributed by atoms with van der Waals surface area (Å²) < 4.78 is 5.60. The second kappa shape index (κ2) is 9.03. The van der Waals surface area contributed by atoms with Crippen LogP contribution in [0.15, 0.2) is 42.6 Å². The lowest BCUT2D eigenvalue weighted by Gasteiger charge is -2.13. The van der Waals surface area contributed by atoms with Crippen LogP contribution in [0.2, 0.25) is 5.02 Å². The third kappa shape index (κ3) is 6.08. The molecule has 0 aliphatic rings. The number of hydrogen-bond acceptors (Lipinski definition) is 4. The predicted octanol–water partition coefficient (Wildman–Crippen LogP) is 2.57. The zero-order chi connectivity index (χ0) is 18.2. The SMILES string of the molecule is CC(C)Oc1ncccc1CNC(=O)CNC(=O)c1cccc(Cl)c1. The molecule has 6 nitrogen and oxygen atoms in total. The minimum Gasteiger partial charge on any atom is -0.475 e. The number of nitrogens with one attached hydrogen (secondary N) is 2. The summed E-state index contributed by atoms with van der Waals surface area (Å²) in [5.41, 5.74) is 1.17. The molecule has 1 aromatic carbocycles. The summed E-state index contributed by atoms with van der Waals surface area (Å²) in [5.74, 6) is -0.182. The highest BCUT2D eigenvalue weighted by Gasteiger charge is 2.10. The van der Waals surface area contributed by atoms with Gasteiger partial charge in [0, 0.05) is 28.9 Å².